The second-order valence-electron chi connectivity index (χ2n) is 12.3. The third-order valence-corrected chi connectivity index (χ3v) is 9.66. The zero-order chi connectivity index (χ0) is 31.5. The number of hydrogen-bond acceptors (Lipinski definition) is 7. The van der Waals surface area contributed by atoms with Crippen LogP contribution in [0.3, 0.4) is 0 Å². The molecule has 230 valence electrons. The van der Waals surface area contributed by atoms with E-state index in [9.17, 15) is 19.1 Å². The minimum Gasteiger partial charge on any atom is -0.508 e. The van der Waals surface area contributed by atoms with Gasteiger partial charge in [0.05, 0.1) is 16.8 Å². The van der Waals surface area contributed by atoms with Gasteiger partial charge in [-0.25, -0.2) is 18.2 Å². The molecule has 10 heteroatoms. The van der Waals surface area contributed by atoms with Gasteiger partial charge in [-0.15, -0.1) is 6.42 Å². The number of hydrogen-bond donors (Lipinski definition) is 2. The van der Waals surface area contributed by atoms with Crippen molar-refractivity contribution in [3.63, 3.8) is 0 Å². The number of piperazine rings is 1. The number of halogens is 3. The number of aromatic hydroxyl groups is 1. The molecule has 3 aliphatic rings. The molecule has 3 fully saturated rings. The predicted octanol–water partition coefficient (Wildman–Crippen LogP) is 5.65. The lowest BCUT2D eigenvalue weighted by Gasteiger charge is -2.37. The quantitative estimate of drug-likeness (QED) is 0.283. The van der Waals surface area contributed by atoms with Gasteiger partial charge in [-0.05, 0) is 61.5 Å². The van der Waals surface area contributed by atoms with Gasteiger partial charge >= 0.3 is 0 Å². The Bertz CT molecular complexity index is 1940. The molecule has 0 radical (unpaired) electrons. The summed E-state index contributed by atoms with van der Waals surface area (Å²) in [5, 5.41) is 25.5. The highest BCUT2D eigenvalue weighted by Gasteiger charge is 2.49. The Kier molecular flexibility index (Phi) is 7.23. The zero-order valence-electron chi connectivity index (χ0n) is 24.8. The standard InChI is InChI=1S/C35H32F3N5O2/c1-3-24-29(37)8-5-21-13-23(44)14-27(30(21)24)25-6-7-26-32(31(25)38)41-34(28(16-39)33(26)43-12-10-40-17-20(43)2)45-19-35-9-4-11-42(35)18-22(36)15-35/h1,5-8,13-14,20,22,40,44H,4,9-12,15,17-19H2,2H3/t20-,22-,35+/m1/s1. The number of nitrogens with one attached hydrogen (secondary N) is 1. The van der Waals surface area contributed by atoms with Gasteiger partial charge < -0.3 is 20.1 Å². The minimum absolute atomic E-state index is 0.0126. The molecule has 0 amide bonds. The number of alkyl halides is 1. The summed E-state index contributed by atoms with van der Waals surface area (Å²) >= 11 is 0. The molecule has 0 unspecified atom stereocenters. The third-order valence-electron chi connectivity index (χ3n) is 9.66. The molecule has 0 saturated carbocycles. The maximum absolute atomic E-state index is 16.9. The Balaban J connectivity index is 1.44. The second-order valence-corrected chi connectivity index (χ2v) is 12.3. The van der Waals surface area contributed by atoms with E-state index in [4.69, 9.17) is 11.2 Å². The molecular formula is C35H32F3N5O2. The van der Waals surface area contributed by atoms with Crippen LogP contribution in [0.2, 0.25) is 0 Å². The first kappa shape index (κ1) is 29.2. The number of phenolic OH excluding ortho intramolecular Hbond substituents is 1. The summed E-state index contributed by atoms with van der Waals surface area (Å²) in [6, 6.07) is 11.0. The van der Waals surface area contributed by atoms with Gasteiger partial charge in [-0.2, -0.15) is 5.26 Å². The first-order valence-electron chi connectivity index (χ1n) is 15.2. The fraction of sp³-hybridized carbons (Fsp3) is 0.371. The molecule has 3 atom stereocenters. The Labute approximate surface area is 259 Å². The number of pyridine rings is 1. The third kappa shape index (κ3) is 4.72. The van der Waals surface area contributed by atoms with Gasteiger partial charge in [-0.3, -0.25) is 4.90 Å². The van der Waals surface area contributed by atoms with Gasteiger partial charge in [0.15, 0.2) is 5.82 Å². The van der Waals surface area contributed by atoms with Crippen LogP contribution in [0.4, 0.5) is 18.9 Å². The molecule has 4 heterocycles. The van der Waals surface area contributed by atoms with E-state index >= 15 is 4.39 Å². The number of ether oxygens (including phenoxy) is 1. The highest BCUT2D eigenvalue weighted by molar-refractivity contribution is 6.05. The minimum atomic E-state index is -0.957. The van der Waals surface area contributed by atoms with E-state index in [2.05, 4.69) is 32.1 Å². The van der Waals surface area contributed by atoms with Crippen LogP contribution < -0.4 is 15.0 Å². The number of fused-ring (bicyclic) bond motifs is 3. The molecule has 0 bridgehead atoms. The molecule has 7 nitrogen and oxygen atoms in total. The van der Waals surface area contributed by atoms with Crippen molar-refractivity contribution < 1.29 is 23.0 Å². The van der Waals surface area contributed by atoms with Crippen LogP contribution in [0.5, 0.6) is 11.6 Å². The van der Waals surface area contributed by atoms with Crippen LogP contribution in [0.15, 0.2) is 36.4 Å². The van der Waals surface area contributed by atoms with Crippen molar-refractivity contribution in [2.45, 2.75) is 43.9 Å². The van der Waals surface area contributed by atoms with E-state index in [1.807, 2.05) is 6.92 Å². The van der Waals surface area contributed by atoms with Crippen molar-refractivity contribution >= 4 is 27.4 Å². The van der Waals surface area contributed by atoms with Crippen LogP contribution in [-0.2, 0) is 0 Å². The Hall–Kier alpha value is -4.51. The number of aromatic nitrogens is 1. The van der Waals surface area contributed by atoms with Crippen LogP contribution in [-0.4, -0.2) is 72.1 Å². The summed E-state index contributed by atoms with van der Waals surface area (Å²) < 4.78 is 52.6. The number of nitriles is 1. The second kappa shape index (κ2) is 11.1. The smallest absolute Gasteiger partial charge is 0.234 e. The van der Waals surface area contributed by atoms with E-state index in [1.165, 1.54) is 24.3 Å². The number of benzene rings is 3. The summed E-state index contributed by atoms with van der Waals surface area (Å²) in [5.41, 5.74) is 0.405. The first-order chi connectivity index (χ1) is 21.7. The topological polar surface area (TPSA) is 84.6 Å². The van der Waals surface area contributed by atoms with Gasteiger partial charge in [0.1, 0.15) is 41.5 Å². The summed E-state index contributed by atoms with van der Waals surface area (Å²) in [6.07, 6.45) is 6.75. The monoisotopic (exact) mass is 611 g/mol. The molecule has 7 rings (SSSR count). The molecule has 3 saturated heterocycles. The van der Waals surface area contributed by atoms with Crippen LogP contribution >= 0.6 is 0 Å². The van der Waals surface area contributed by atoms with E-state index in [0.717, 1.165) is 19.4 Å². The lowest BCUT2D eigenvalue weighted by atomic mass is 9.92. The Morgan fingerprint density at radius 3 is 2.80 bits per heavy atom. The van der Waals surface area contributed by atoms with Crippen molar-refractivity contribution in [3.05, 3.63) is 59.2 Å². The Morgan fingerprint density at radius 2 is 2.02 bits per heavy atom. The fourth-order valence-corrected chi connectivity index (χ4v) is 7.57. The number of nitrogens with zero attached hydrogens (tertiary/aromatic N) is 4. The van der Waals surface area contributed by atoms with Gasteiger partial charge in [0, 0.05) is 55.0 Å². The summed E-state index contributed by atoms with van der Waals surface area (Å²) in [6.45, 7) is 5.17. The van der Waals surface area contributed by atoms with Gasteiger partial charge in [-0.1, -0.05) is 18.1 Å². The molecule has 2 N–H and O–H groups in total. The molecule has 3 aromatic carbocycles. The summed E-state index contributed by atoms with van der Waals surface area (Å²) in [4.78, 5) is 8.79. The number of terminal acetylenes is 1. The van der Waals surface area contributed by atoms with Gasteiger partial charge in [0.25, 0.3) is 0 Å². The van der Waals surface area contributed by atoms with Crippen molar-refractivity contribution in [3.8, 4) is 41.2 Å². The Morgan fingerprint density at radius 1 is 1.18 bits per heavy atom. The average molecular weight is 612 g/mol. The maximum atomic E-state index is 16.9. The first-order valence-corrected chi connectivity index (χ1v) is 15.2. The van der Waals surface area contributed by atoms with Crippen molar-refractivity contribution in [1.29, 1.82) is 5.26 Å². The largest absolute Gasteiger partial charge is 0.508 e. The van der Waals surface area contributed by atoms with Crippen molar-refractivity contribution in [2.75, 3.05) is 44.2 Å². The highest BCUT2D eigenvalue weighted by Crippen LogP contribution is 2.44. The van der Waals surface area contributed by atoms with E-state index in [1.54, 1.807) is 12.1 Å². The number of phenols is 1. The number of rotatable bonds is 5. The molecule has 3 aliphatic heterocycles. The number of anilines is 1. The van der Waals surface area contributed by atoms with Gasteiger partial charge in [0.2, 0.25) is 5.88 Å². The van der Waals surface area contributed by atoms with Crippen LogP contribution in [0.1, 0.15) is 37.3 Å². The summed E-state index contributed by atoms with van der Waals surface area (Å²) in [5.74, 6) is 0.864. The van der Waals surface area contributed by atoms with Crippen LogP contribution in [0.25, 0.3) is 32.8 Å². The predicted molar refractivity (Wildman–Crippen MR) is 167 cm³/mol. The molecule has 0 spiro atoms. The maximum Gasteiger partial charge on any atom is 0.234 e. The molecule has 4 aromatic rings. The SMILES string of the molecule is C#Cc1c(F)ccc2cc(O)cc(-c3ccc4c(N5CCNC[C@H]5C)c(C#N)c(OC[C@@]56CCCN5C[C@H](F)C6)nc4c3F)c12. The summed E-state index contributed by atoms with van der Waals surface area (Å²) in [7, 11) is 0. The molecule has 1 aromatic heterocycles. The molecule has 45 heavy (non-hydrogen) atoms. The lowest BCUT2D eigenvalue weighted by Crippen LogP contribution is -2.50. The van der Waals surface area contributed by atoms with E-state index < -0.39 is 23.3 Å². The molecule has 0 aliphatic carbocycles. The fourth-order valence-electron chi connectivity index (χ4n) is 7.57. The van der Waals surface area contributed by atoms with E-state index in [0.29, 0.717) is 49.1 Å². The normalized spacial score (nSPS) is 23.3. The van der Waals surface area contributed by atoms with Crippen molar-refractivity contribution in [2.24, 2.45) is 0 Å². The molecular weight excluding hydrogens is 579 g/mol. The average Bonchev–Trinajstić information content (AvgIpc) is 3.55. The lowest BCUT2D eigenvalue weighted by molar-refractivity contribution is 0.110. The highest BCUT2D eigenvalue weighted by atomic mass is 19.1. The zero-order valence-corrected chi connectivity index (χ0v) is 24.8. The van der Waals surface area contributed by atoms with Crippen molar-refractivity contribution in [1.82, 2.24) is 15.2 Å². The van der Waals surface area contributed by atoms with E-state index in [-0.39, 0.29) is 57.4 Å². The van der Waals surface area contributed by atoms with Crippen LogP contribution in [0, 0.1) is 35.3 Å².